The highest BCUT2D eigenvalue weighted by atomic mass is 35.5. The molecule has 0 spiro atoms. The average Bonchev–Trinajstić information content (AvgIpc) is 2.58. The summed E-state index contributed by atoms with van der Waals surface area (Å²) in [5.41, 5.74) is 0.640. The highest BCUT2D eigenvalue weighted by Gasteiger charge is 2.06. The number of nitrogens with zero attached hydrogens (tertiary/aromatic N) is 2. The predicted octanol–water partition coefficient (Wildman–Crippen LogP) is 3.06. The van der Waals surface area contributed by atoms with Gasteiger partial charge in [0.15, 0.2) is 11.6 Å². The number of hydrogen-bond acceptors (Lipinski definition) is 3. The lowest BCUT2D eigenvalue weighted by molar-refractivity contribution is 0.507. The summed E-state index contributed by atoms with van der Waals surface area (Å²) in [6, 6.07) is 3.74. The normalized spacial score (nSPS) is 10.6. The monoisotopic (exact) mass is 246 g/mol. The van der Waals surface area contributed by atoms with Crippen LogP contribution in [0.1, 0.15) is 10.6 Å². The zero-order valence-corrected chi connectivity index (χ0v) is 8.95. The maximum Gasteiger partial charge on any atom is 0.207 e. The van der Waals surface area contributed by atoms with E-state index in [1.54, 1.807) is 0 Å². The van der Waals surface area contributed by atoms with Gasteiger partial charge in [0.1, 0.15) is 5.01 Å². The Bertz CT molecular complexity index is 487. The molecule has 0 aliphatic heterocycles. The molecule has 1 heterocycles. The van der Waals surface area contributed by atoms with Crippen molar-refractivity contribution in [2.75, 3.05) is 0 Å². The Morgan fingerprint density at radius 1 is 1.20 bits per heavy atom. The third-order valence-corrected chi connectivity index (χ3v) is 2.80. The first-order valence-electron chi connectivity index (χ1n) is 4.07. The molecule has 0 aliphatic carbocycles. The quantitative estimate of drug-likeness (QED) is 0.814. The van der Waals surface area contributed by atoms with Crippen molar-refractivity contribution in [2.45, 2.75) is 6.42 Å². The van der Waals surface area contributed by atoms with Gasteiger partial charge in [-0.05, 0) is 29.3 Å². The van der Waals surface area contributed by atoms with E-state index in [4.69, 9.17) is 11.6 Å². The van der Waals surface area contributed by atoms with Crippen molar-refractivity contribution in [3.05, 3.63) is 44.9 Å². The molecular formula is C9H5ClF2N2S. The molecule has 1 aromatic heterocycles. The molecule has 2 nitrogen and oxygen atoms in total. The lowest BCUT2D eigenvalue weighted by Gasteiger charge is -1.98. The van der Waals surface area contributed by atoms with Gasteiger partial charge in [0.25, 0.3) is 0 Å². The number of hydrogen-bond donors (Lipinski definition) is 0. The lowest BCUT2D eigenvalue weighted by Crippen LogP contribution is -1.91. The molecule has 78 valence electrons. The van der Waals surface area contributed by atoms with Crippen LogP contribution in [-0.4, -0.2) is 10.2 Å². The topological polar surface area (TPSA) is 25.8 Å². The molecule has 0 N–H and O–H groups in total. The molecule has 0 amide bonds. The maximum atomic E-state index is 12.9. The van der Waals surface area contributed by atoms with E-state index in [1.807, 2.05) is 0 Å². The van der Waals surface area contributed by atoms with Gasteiger partial charge in [0, 0.05) is 6.42 Å². The zero-order valence-electron chi connectivity index (χ0n) is 7.38. The van der Waals surface area contributed by atoms with Gasteiger partial charge in [-0.25, -0.2) is 8.78 Å². The fourth-order valence-corrected chi connectivity index (χ4v) is 2.03. The second-order valence-electron chi connectivity index (χ2n) is 2.87. The Hall–Kier alpha value is -1.07. The minimum absolute atomic E-state index is 0.340. The van der Waals surface area contributed by atoms with Crippen molar-refractivity contribution in [1.29, 1.82) is 0 Å². The van der Waals surface area contributed by atoms with Crippen molar-refractivity contribution >= 4 is 22.9 Å². The lowest BCUT2D eigenvalue weighted by atomic mass is 10.1. The third kappa shape index (κ3) is 2.49. The van der Waals surface area contributed by atoms with Crippen molar-refractivity contribution in [2.24, 2.45) is 0 Å². The summed E-state index contributed by atoms with van der Waals surface area (Å²) in [5, 5.41) is 8.07. The van der Waals surface area contributed by atoms with Crippen LogP contribution in [-0.2, 0) is 6.42 Å². The smallest absolute Gasteiger partial charge is 0.204 e. The number of halogens is 3. The first-order valence-corrected chi connectivity index (χ1v) is 5.26. The van der Waals surface area contributed by atoms with Gasteiger partial charge in [-0.2, -0.15) is 0 Å². The van der Waals surface area contributed by atoms with E-state index in [2.05, 4.69) is 10.2 Å². The fraction of sp³-hybridized carbons (Fsp3) is 0.111. The summed E-state index contributed by atoms with van der Waals surface area (Å²) in [4.78, 5) is 0. The van der Waals surface area contributed by atoms with Crippen molar-refractivity contribution in [3.63, 3.8) is 0 Å². The SMILES string of the molecule is Fc1ccc(Cc2nnc(Cl)s2)cc1F. The molecule has 0 saturated carbocycles. The molecule has 0 aliphatic rings. The zero-order chi connectivity index (χ0) is 10.8. The summed E-state index contributed by atoms with van der Waals surface area (Å²) in [6.07, 6.45) is 0.404. The van der Waals surface area contributed by atoms with Gasteiger partial charge in [-0.1, -0.05) is 17.4 Å². The Labute approximate surface area is 93.5 Å². The summed E-state index contributed by atoms with van der Waals surface area (Å²) >= 11 is 6.81. The maximum absolute atomic E-state index is 12.9. The van der Waals surface area contributed by atoms with Crippen LogP contribution in [0, 0.1) is 11.6 Å². The predicted molar refractivity (Wildman–Crippen MR) is 54.1 cm³/mol. The number of rotatable bonds is 2. The third-order valence-electron chi connectivity index (χ3n) is 1.78. The van der Waals surface area contributed by atoms with E-state index < -0.39 is 11.6 Å². The molecule has 0 atom stereocenters. The van der Waals surface area contributed by atoms with Gasteiger partial charge in [-0.15, -0.1) is 10.2 Å². The van der Waals surface area contributed by atoms with Crippen LogP contribution in [0.25, 0.3) is 0 Å². The van der Waals surface area contributed by atoms with Gasteiger partial charge < -0.3 is 0 Å². The first kappa shape index (κ1) is 10.4. The van der Waals surface area contributed by atoms with Crippen LogP contribution in [0.15, 0.2) is 18.2 Å². The average molecular weight is 247 g/mol. The van der Waals surface area contributed by atoms with Gasteiger partial charge >= 0.3 is 0 Å². The summed E-state index contributed by atoms with van der Waals surface area (Å²) < 4.78 is 25.8. The molecule has 15 heavy (non-hydrogen) atoms. The Morgan fingerprint density at radius 3 is 2.60 bits per heavy atom. The molecule has 0 bridgehead atoms. The standard InChI is InChI=1S/C9H5ClF2N2S/c10-9-14-13-8(15-9)4-5-1-2-6(11)7(12)3-5/h1-3H,4H2. The molecule has 0 unspecified atom stereocenters. The van der Waals surface area contributed by atoms with E-state index in [1.165, 1.54) is 17.4 Å². The second-order valence-corrected chi connectivity index (χ2v) is 4.52. The van der Waals surface area contributed by atoms with Gasteiger partial charge in [0.2, 0.25) is 4.47 Å². The largest absolute Gasteiger partial charge is 0.207 e. The second kappa shape index (κ2) is 4.20. The van der Waals surface area contributed by atoms with E-state index in [0.29, 0.717) is 21.5 Å². The van der Waals surface area contributed by atoms with E-state index in [9.17, 15) is 8.78 Å². The molecule has 2 aromatic rings. The number of benzene rings is 1. The van der Waals surface area contributed by atoms with E-state index >= 15 is 0 Å². The first-order chi connectivity index (χ1) is 7.15. The molecule has 0 saturated heterocycles. The summed E-state index contributed by atoms with van der Waals surface area (Å²) in [5.74, 6) is -1.71. The Kier molecular flexibility index (Phi) is 2.93. The molecular weight excluding hydrogens is 242 g/mol. The molecule has 0 radical (unpaired) electrons. The fourth-order valence-electron chi connectivity index (χ4n) is 1.13. The van der Waals surface area contributed by atoms with E-state index in [-0.39, 0.29) is 0 Å². The van der Waals surface area contributed by atoms with Crippen LogP contribution in [0.4, 0.5) is 8.78 Å². The van der Waals surface area contributed by atoms with Crippen LogP contribution < -0.4 is 0 Å². The Morgan fingerprint density at radius 2 is 2.00 bits per heavy atom. The number of aromatic nitrogens is 2. The van der Waals surface area contributed by atoms with Crippen LogP contribution in [0.3, 0.4) is 0 Å². The van der Waals surface area contributed by atoms with E-state index in [0.717, 1.165) is 12.1 Å². The molecule has 0 fully saturated rings. The molecule has 1 aromatic carbocycles. The minimum Gasteiger partial charge on any atom is -0.204 e. The Balaban J connectivity index is 2.21. The minimum atomic E-state index is -0.858. The summed E-state index contributed by atoms with van der Waals surface area (Å²) in [7, 11) is 0. The van der Waals surface area contributed by atoms with Crippen molar-refractivity contribution in [1.82, 2.24) is 10.2 Å². The van der Waals surface area contributed by atoms with Crippen molar-refractivity contribution < 1.29 is 8.78 Å². The van der Waals surface area contributed by atoms with Gasteiger partial charge in [-0.3, -0.25) is 0 Å². The van der Waals surface area contributed by atoms with Crippen LogP contribution in [0.5, 0.6) is 0 Å². The highest BCUT2D eigenvalue weighted by Crippen LogP contribution is 2.19. The van der Waals surface area contributed by atoms with Gasteiger partial charge in [0.05, 0.1) is 0 Å². The van der Waals surface area contributed by atoms with Crippen molar-refractivity contribution in [3.8, 4) is 0 Å². The van der Waals surface area contributed by atoms with Crippen LogP contribution in [0.2, 0.25) is 4.47 Å². The highest BCUT2D eigenvalue weighted by molar-refractivity contribution is 7.15. The molecule has 6 heteroatoms. The summed E-state index contributed by atoms with van der Waals surface area (Å²) in [6.45, 7) is 0. The molecule has 2 rings (SSSR count). The van der Waals surface area contributed by atoms with Crippen LogP contribution >= 0.6 is 22.9 Å².